The molecule has 0 atom stereocenters. The molecular weight excluding hydrogens is 172 g/mol. The second kappa shape index (κ2) is 3.29. The van der Waals surface area contributed by atoms with Crippen molar-refractivity contribution < 1.29 is 22.8 Å². The molecule has 0 spiro atoms. The van der Waals surface area contributed by atoms with Crippen LogP contribution in [0, 0.1) is 0 Å². The smallest absolute Gasteiger partial charge is 0.388 e. The van der Waals surface area contributed by atoms with Gasteiger partial charge in [0.1, 0.15) is 0 Å². The van der Waals surface area contributed by atoms with Gasteiger partial charge in [0.2, 0.25) is 5.76 Å². The molecule has 1 heterocycles. The van der Waals surface area contributed by atoms with Crippen molar-refractivity contribution in [3.8, 4) is 5.88 Å². The van der Waals surface area contributed by atoms with Gasteiger partial charge >= 0.3 is 6.61 Å². The highest BCUT2D eigenvalue weighted by molar-refractivity contribution is 5.91. The minimum atomic E-state index is -2.96. The van der Waals surface area contributed by atoms with Gasteiger partial charge in [0.15, 0.2) is 5.78 Å². The summed E-state index contributed by atoms with van der Waals surface area (Å²) in [5, 5.41) is 3.08. The third-order valence-corrected chi connectivity index (χ3v) is 1.05. The van der Waals surface area contributed by atoms with Crippen LogP contribution in [0.4, 0.5) is 8.78 Å². The Hall–Kier alpha value is -1.46. The van der Waals surface area contributed by atoms with Gasteiger partial charge in [0.05, 0.1) is 6.07 Å². The molecule has 1 rings (SSSR count). The fraction of sp³-hybridized carbons (Fsp3) is 0.333. The van der Waals surface area contributed by atoms with Crippen LogP contribution >= 0.6 is 0 Å². The van der Waals surface area contributed by atoms with E-state index in [2.05, 4.69) is 14.4 Å². The van der Waals surface area contributed by atoms with Crippen molar-refractivity contribution >= 4 is 5.78 Å². The first-order chi connectivity index (χ1) is 5.59. The minimum Gasteiger partial charge on any atom is -0.414 e. The third-order valence-electron chi connectivity index (χ3n) is 1.05. The molecule has 1 aromatic heterocycles. The number of rotatable bonds is 3. The van der Waals surface area contributed by atoms with Crippen LogP contribution in [0.3, 0.4) is 0 Å². The maximum Gasteiger partial charge on any atom is 0.388 e. The quantitative estimate of drug-likeness (QED) is 0.656. The summed E-state index contributed by atoms with van der Waals surface area (Å²) < 4.78 is 31.3. The van der Waals surface area contributed by atoms with Gasteiger partial charge in [0.25, 0.3) is 5.88 Å². The highest BCUT2D eigenvalue weighted by atomic mass is 19.3. The normalized spacial score (nSPS) is 10.3. The number of aromatic nitrogens is 1. The SMILES string of the molecule is CC(=O)c1cc(OC(F)F)no1. The molecule has 0 radical (unpaired) electrons. The van der Waals surface area contributed by atoms with Gasteiger partial charge in [0, 0.05) is 6.92 Å². The summed E-state index contributed by atoms with van der Waals surface area (Å²) in [6, 6.07) is 1.01. The Morgan fingerprint density at radius 3 is 2.83 bits per heavy atom. The van der Waals surface area contributed by atoms with Crippen LogP contribution in [0.1, 0.15) is 17.5 Å². The van der Waals surface area contributed by atoms with Gasteiger partial charge in [-0.15, -0.1) is 0 Å². The number of hydrogen-bond donors (Lipinski definition) is 0. The van der Waals surface area contributed by atoms with Crippen molar-refractivity contribution in [2.45, 2.75) is 13.5 Å². The molecule has 1 aromatic rings. The lowest BCUT2D eigenvalue weighted by molar-refractivity contribution is -0.0545. The Morgan fingerprint density at radius 1 is 1.75 bits per heavy atom. The van der Waals surface area contributed by atoms with Crippen molar-refractivity contribution in [2.75, 3.05) is 0 Å². The summed E-state index contributed by atoms with van der Waals surface area (Å²) >= 11 is 0. The molecule has 0 saturated heterocycles. The highest BCUT2D eigenvalue weighted by Gasteiger charge is 2.12. The van der Waals surface area contributed by atoms with Gasteiger partial charge in [-0.05, 0) is 5.16 Å². The number of hydrogen-bond acceptors (Lipinski definition) is 4. The summed E-state index contributed by atoms with van der Waals surface area (Å²) in [4.78, 5) is 10.6. The number of ketones is 1. The van der Waals surface area contributed by atoms with Gasteiger partial charge in [-0.25, -0.2) is 0 Å². The molecular formula is C6H5F2NO3. The van der Waals surface area contributed by atoms with Gasteiger partial charge in [-0.3, -0.25) is 4.79 Å². The molecule has 0 aliphatic rings. The van der Waals surface area contributed by atoms with Gasteiger partial charge in [-0.1, -0.05) is 0 Å². The van der Waals surface area contributed by atoms with Crippen molar-refractivity contribution in [1.82, 2.24) is 5.16 Å². The first-order valence-corrected chi connectivity index (χ1v) is 3.02. The average molecular weight is 177 g/mol. The van der Waals surface area contributed by atoms with Gasteiger partial charge in [-0.2, -0.15) is 8.78 Å². The molecule has 6 heteroatoms. The summed E-state index contributed by atoms with van der Waals surface area (Å²) in [6.45, 7) is -1.73. The van der Waals surface area contributed by atoms with Crippen molar-refractivity contribution in [1.29, 1.82) is 0 Å². The standard InChI is InChI=1S/C6H5F2NO3/c1-3(10)4-2-5(9-12-4)11-6(7)8/h2,6H,1H3. The Kier molecular flexibility index (Phi) is 2.37. The molecule has 0 aliphatic heterocycles. The lowest BCUT2D eigenvalue weighted by Crippen LogP contribution is -2.01. The summed E-state index contributed by atoms with van der Waals surface area (Å²) in [6.07, 6.45) is 0. The van der Waals surface area contributed by atoms with E-state index < -0.39 is 18.3 Å². The van der Waals surface area contributed by atoms with Gasteiger partial charge < -0.3 is 9.26 Å². The number of ether oxygens (including phenoxy) is 1. The maximum atomic E-state index is 11.5. The Balaban J connectivity index is 2.71. The zero-order valence-corrected chi connectivity index (χ0v) is 6.08. The lowest BCUT2D eigenvalue weighted by Gasteiger charge is -1.95. The maximum absolute atomic E-state index is 11.5. The molecule has 4 nitrogen and oxygen atoms in total. The zero-order valence-electron chi connectivity index (χ0n) is 6.08. The van der Waals surface area contributed by atoms with Crippen LogP contribution in [0.5, 0.6) is 5.88 Å². The van der Waals surface area contributed by atoms with E-state index in [1.54, 1.807) is 0 Å². The van der Waals surface area contributed by atoms with E-state index in [1.165, 1.54) is 6.92 Å². The summed E-state index contributed by atoms with van der Waals surface area (Å²) in [5.41, 5.74) is 0. The Morgan fingerprint density at radius 2 is 2.42 bits per heavy atom. The van der Waals surface area contributed by atoms with Crippen LogP contribution in [-0.2, 0) is 0 Å². The molecule has 0 bridgehead atoms. The van der Waals surface area contributed by atoms with E-state index in [0.29, 0.717) is 0 Å². The molecule has 0 N–H and O–H groups in total. The molecule has 0 saturated carbocycles. The first kappa shape index (κ1) is 8.63. The van der Waals surface area contributed by atoms with Crippen LogP contribution in [-0.4, -0.2) is 17.6 Å². The average Bonchev–Trinajstić information content (AvgIpc) is 2.34. The molecule has 0 aliphatic carbocycles. The van der Waals surface area contributed by atoms with Crippen LogP contribution in [0.2, 0.25) is 0 Å². The fourth-order valence-electron chi connectivity index (χ4n) is 0.572. The Labute approximate surface area is 66.1 Å². The predicted molar refractivity (Wildman–Crippen MR) is 33.1 cm³/mol. The lowest BCUT2D eigenvalue weighted by atomic mass is 10.3. The third kappa shape index (κ3) is 2.01. The number of carbonyl (C=O) groups excluding carboxylic acids is 1. The Bertz CT molecular complexity index is 284. The zero-order chi connectivity index (χ0) is 9.14. The fourth-order valence-corrected chi connectivity index (χ4v) is 0.572. The van der Waals surface area contributed by atoms with Crippen LogP contribution < -0.4 is 4.74 Å². The van der Waals surface area contributed by atoms with E-state index in [1.807, 2.05) is 0 Å². The molecule has 12 heavy (non-hydrogen) atoms. The van der Waals surface area contributed by atoms with E-state index in [-0.39, 0.29) is 5.76 Å². The van der Waals surface area contributed by atoms with Crippen molar-refractivity contribution in [3.63, 3.8) is 0 Å². The largest absolute Gasteiger partial charge is 0.414 e. The topological polar surface area (TPSA) is 52.3 Å². The number of alkyl halides is 2. The second-order valence-corrected chi connectivity index (χ2v) is 1.96. The van der Waals surface area contributed by atoms with E-state index in [4.69, 9.17) is 0 Å². The summed E-state index contributed by atoms with van der Waals surface area (Å²) in [7, 11) is 0. The molecule has 0 amide bonds. The van der Waals surface area contributed by atoms with Crippen LogP contribution in [0.25, 0.3) is 0 Å². The van der Waals surface area contributed by atoms with Crippen molar-refractivity contribution in [2.24, 2.45) is 0 Å². The molecule has 0 aromatic carbocycles. The predicted octanol–water partition coefficient (Wildman–Crippen LogP) is 1.48. The molecule has 66 valence electrons. The number of nitrogens with zero attached hydrogens (tertiary/aromatic N) is 1. The monoisotopic (exact) mass is 177 g/mol. The van der Waals surface area contributed by atoms with Crippen LogP contribution in [0.15, 0.2) is 10.6 Å². The number of halogens is 2. The van der Waals surface area contributed by atoms with E-state index in [0.717, 1.165) is 6.07 Å². The highest BCUT2D eigenvalue weighted by Crippen LogP contribution is 2.13. The minimum absolute atomic E-state index is 0.106. The molecule has 0 unspecified atom stereocenters. The second-order valence-electron chi connectivity index (χ2n) is 1.96. The van der Waals surface area contributed by atoms with E-state index >= 15 is 0 Å². The first-order valence-electron chi connectivity index (χ1n) is 3.02. The van der Waals surface area contributed by atoms with Crippen molar-refractivity contribution in [3.05, 3.63) is 11.8 Å². The molecule has 0 fully saturated rings. The number of carbonyl (C=O) groups is 1. The number of Topliss-reactive ketones (excluding diaryl/α,β-unsaturated/α-hetero) is 1. The van der Waals surface area contributed by atoms with E-state index in [9.17, 15) is 13.6 Å². The summed E-state index contributed by atoms with van der Waals surface area (Å²) in [5.74, 6) is -0.896.